The fourth-order valence-corrected chi connectivity index (χ4v) is 3.40. The van der Waals surface area contributed by atoms with Gasteiger partial charge in [-0.3, -0.25) is 9.80 Å². The van der Waals surface area contributed by atoms with E-state index in [1.54, 1.807) is 6.07 Å². The van der Waals surface area contributed by atoms with Gasteiger partial charge < -0.3 is 9.52 Å². The summed E-state index contributed by atoms with van der Waals surface area (Å²) in [5, 5.41) is 10.5. The van der Waals surface area contributed by atoms with Crippen molar-refractivity contribution in [3.8, 4) is 0 Å². The first-order valence-electron chi connectivity index (χ1n) is 8.05. The third kappa shape index (κ3) is 3.32. The second kappa shape index (κ2) is 6.43. The van der Waals surface area contributed by atoms with Gasteiger partial charge in [0.25, 0.3) is 0 Å². The molecule has 0 saturated carbocycles. The van der Waals surface area contributed by atoms with E-state index < -0.39 is 0 Å². The molecule has 1 unspecified atom stereocenters. The number of rotatable bonds is 3. The number of likely N-dealkylation sites (N-methyl/N-ethyl adjacent to an activating group) is 1. The van der Waals surface area contributed by atoms with Crippen LogP contribution >= 0.6 is 0 Å². The predicted molar refractivity (Wildman–Crippen MR) is 90.7 cm³/mol. The highest BCUT2D eigenvalue weighted by Gasteiger charge is 2.24. The fraction of sp³-hybridized carbons (Fsp3) is 0.500. The van der Waals surface area contributed by atoms with Crippen LogP contribution < -0.4 is 5.63 Å². The minimum Gasteiger partial charge on any atom is -0.422 e. The van der Waals surface area contributed by atoms with E-state index in [-0.39, 0.29) is 18.3 Å². The third-order valence-electron chi connectivity index (χ3n) is 4.73. The first kappa shape index (κ1) is 16.2. The molecule has 1 aliphatic rings. The lowest BCUT2D eigenvalue weighted by atomic mass is 10.0. The Morgan fingerprint density at radius 1 is 1.26 bits per heavy atom. The van der Waals surface area contributed by atoms with E-state index in [0.717, 1.165) is 41.7 Å². The Balaban J connectivity index is 1.95. The van der Waals surface area contributed by atoms with E-state index in [2.05, 4.69) is 22.8 Å². The van der Waals surface area contributed by atoms with E-state index in [1.807, 2.05) is 20.0 Å². The van der Waals surface area contributed by atoms with Crippen LogP contribution in [0.15, 0.2) is 27.4 Å². The largest absolute Gasteiger partial charge is 0.422 e. The Bertz CT molecular complexity index is 769. The maximum absolute atomic E-state index is 11.9. The van der Waals surface area contributed by atoms with Gasteiger partial charge in [0.2, 0.25) is 0 Å². The molecular formula is C18H24N2O3. The van der Waals surface area contributed by atoms with Crippen LogP contribution in [0.4, 0.5) is 0 Å². The lowest BCUT2D eigenvalue weighted by Gasteiger charge is -2.38. The molecule has 1 aliphatic heterocycles. The summed E-state index contributed by atoms with van der Waals surface area (Å²) >= 11 is 0. The van der Waals surface area contributed by atoms with Crippen LogP contribution in [-0.4, -0.2) is 54.2 Å². The maximum Gasteiger partial charge on any atom is 0.336 e. The molecule has 0 spiro atoms. The monoisotopic (exact) mass is 316 g/mol. The molecule has 1 fully saturated rings. The zero-order valence-electron chi connectivity index (χ0n) is 14.0. The number of aliphatic hydroxyl groups excluding tert-OH is 1. The van der Waals surface area contributed by atoms with Crippen molar-refractivity contribution < 1.29 is 9.52 Å². The molecule has 1 aromatic heterocycles. The molecule has 5 heteroatoms. The van der Waals surface area contributed by atoms with Crippen molar-refractivity contribution in [1.82, 2.24) is 9.80 Å². The average Bonchev–Trinajstić information content (AvgIpc) is 2.50. The Hall–Kier alpha value is -1.69. The predicted octanol–water partition coefficient (Wildman–Crippen LogP) is 1.52. The number of aliphatic hydroxyl groups is 1. The number of benzene rings is 1. The molecule has 1 saturated heterocycles. The van der Waals surface area contributed by atoms with Crippen molar-refractivity contribution in [2.24, 2.45) is 0 Å². The van der Waals surface area contributed by atoms with Crippen LogP contribution in [0.5, 0.6) is 0 Å². The molecule has 1 aromatic carbocycles. The Kier molecular flexibility index (Phi) is 4.53. The topological polar surface area (TPSA) is 56.9 Å². The zero-order valence-corrected chi connectivity index (χ0v) is 14.0. The van der Waals surface area contributed by atoms with Crippen LogP contribution in [0.3, 0.4) is 0 Å². The van der Waals surface area contributed by atoms with Gasteiger partial charge in [-0.2, -0.15) is 0 Å². The highest BCUT2D eigenvalue weighted by atomic mass is 16.4. The van der Waals surface area contributed by atoms with E-state index in [4.69, 9.17) is 4.42 Å². The maximum atomic E-state index is 11.9. The van der Waals surface area contributed by atoms with Gasteiger partial charge in [0.15, 0.2) is 0 Å². The molecule has 0 bridgehead atoms. The molecular weight excluding hydrogens is 292 g/mol. The molecule has 2 aromatic rings. The summed E-state index contributed by atoms with van der Waals surface area (Å²) in [6.45, 7) is 7.54. The van der Waals surface area contributed by atoms with Crippen molar-refractivity contribution in [3.63, 3.8) is 0 Å². The number of piperazine rings is 1. The minimum absolute atomic E-state index is 0.151. The molecule has 23 heavy (non-hydrogen) atoms. The van der Waals surface area contributed by atoms with Crippen LogP contribution in [-0.2, 0) is 6.54 Å². The van der Waals surface area contributed by atoms with Gasteiger partial charge >= 0.3 is 5.63 Å². The summed E-state index contributed by atoms with van der Waals surface area (Å²) in [4.78, 5) is 16.4. The first-order valence-corrected chi connectivity index (χ1v) is 8.05. The quantitative estimate of drug-likeness (QED) is 0.870. The summed E-state index contributed by atoms with van der Waals surface area (Å²) in [7, 11) is 2.04. The summed E-state index contributed by atoms with van der Waals surface area (Å²) in [5.41, 5.74) is 3.55. The Morgan fingerprint density at radius 3 is 2.78 bits per heavy atom. The number of nitrogens with zero attached hydrogens (tertiary/aromatic N) is 2. The number of hydrogen-bond acceptors (Lipinski definition) is 5. The van der Waals surface area contributed by atoms with E-state index in [1.165, 1.54) is 0 Å². The summed E-state index contributed by atoms with van der Waals surface area (Å²) < 4.78 is 5.41. The first-order chi connectivity index (χ1) is 11.0. The molecule has 0 radical (unpaired) electrons. The second-order valence-corrected chi connectivity index (χ2v) is 6.60. The molecule has 2 heterocycles. The number of aryl methyl sites for hydroxylation is 2. The Morgan fingerprint density at radius 2 is 2.04 bits per heavy atom. The van der Waals surface area contributed by atoms with Crippen LogP contribution in [0.2, 0.25) is 0 Å². The van der Waals surface area contributed by atoms with Crippen molar-refractivity contribution in [2.45, 2.75) is 26.4 Å². The fourth-order valence-electron chi connectivity index (χ4n) is 3.40. The zero-order chi connectivity index (χ0) is 16.6. The van der Waals surface area contributed by atoms with Crippen LogP contribution in [0, 0.1) is 13.8 Å². The van der Waals surface area contributed by atoms with Crippen molar-refractivity contribution in [2.75, 3.05) is 33.3 Å². The van der Waals surface area contributed by atoms with Crippen molar-refractivity contribution in [1.29, 1.82) is 0 Å². The molecule has 0 amide bonds. The van der Waals surface area contributed by atoms with Gasteiger partial charge in [0, 0.05) is 43.7 Å². The smallest absolute Gasteiger partial charge is 0.336 e. The molecule has 1 N–H and O–H groups in total. The summed E-state index contributed by atoms with van der Waals surface area (Å²) in [6.07, 6.45) is 0. The van der Waals surface area contributed by atoms with Gasteiger partial charge in [-0.25, -0.2) is 4.79 Å². The highest BCUT2D eigenvalue weighted by Crippen LogP contribution is 2.24. The van der Waals surface area contributed by atoms with Gasteiger partial charge in [-0.15, -0.1) is 0 Å². The molecule has 0 aliphatic carbocycles. The van der Waals surface area contributed by atoms with E-state index >= 15 is 0 Å². The van der Waals surface area contributed by atoms with Gasteiger partial charge in [0.1, 0.15) is 5.58 Å². The molecule has 1 atom stereocenters. The van der Waals surface area contributed by atoms with Gasteiger partial charge in [0.05, 0.1) is 6.61 Å². The highest BCUT2D eigenvalue weighted by molar-refractivity contribution is 5.83. The van der Waals surface area contributed by atoms with Crippen molar-refractivity contribution >= 4 is 11.0 Å². The molecule has 124 valence electrons. The third-order valence-corrected chi connectivity index (χ3v) is 4.73. The SMILES string of the molecule is Cc1cc(C)c2oc(=O)cc(CN3CCN(C)C(CO)C3)c2c1. The Labute approximate surface area is 136 Å². The lowest BCUT2D eigenvalue weighted by Crippen LogP contribution is -2.52. The van der Waals surface area contributed by atoms with Crippen LogP contribution in [0.25, 0.3) is 11.0 Å². The van der Waals surface area contributed by atoms with Gasteiger partial charge in [-0.05, 0) is 43.7 Å². The van der Waals surface area contributed by atoms with Crippen molar-refractivity contribution in [3.05, 3.63) is 45.3 Å². The van der Waals surface area contributed by atoms with E-state index in [9.17, 15) is 9.90 Å². The summed E-state index contributed by atoms with van der Waals surface area (Å²) in [6, 6.07) is 5.87. The lowest BCUT2D eigenvalue weighted by molar-refractivity contribution is 0.0541. The van der Waals surface area contributed by atoms with E-state index in [0.29, 0.717) is 12.1 Å². The normalized spacial score (nSPS) is 20.3. The molecule has 3 rings (SSSR count). The molecule has 5 nitrogen and oxygen atoms in total. The average molecular weight is 316 g/mol. The second-order valence-electron chi connectivity index (χ2n) is 6.60. The number of fused-ring (bicyclic) bond motifs is 1. The van der Waals surface area contributed by atoms with Crippen LogP contribution in [0.1, 0.15) is 16.7 Å². The minimum atomic E-state index is -0.299. The van der Waals surface area contributed by atoms with Gasteiger partial charge in [-0.1, -0.05) is 6.07 Å². The number of hydrogen-bond donors (Lipinski definition) is 1. The summed E-state index contributed by atoms with van der Waals surface area (Å²) in [5.74, 6) is 0. The standard InChI is InChI=1S/C18H24N2O3/c1-12-6-13(2)18-16(7-12)14(8-17(22)23-18)9-20-5-4-19(3)15(10-20)11-21/h6-8,15,21H,4-5,9-11H2,1-3H3.